The highest BCUT2D eigenvalue weighted by Gasteiger charge is 2.46. The summed E-state index contributed by atoms with van der Waals surface area (Å²) in [6, 6.07) is 62.5. The minimum Gasteiger partial charge on any atom is -0.456 e. The lowest BCUT2D eigenvalue weighted by Gasteiger charge is -2.43. The molecule has 0 atom stereocenters. The van der Waals surface area contributed by atoms with E-state index >= 15 is 0 Å². The molecule has 2 nitrogen and oxygen atoms in total. The fourth-order valence-electron chi connectivity index (χ4n) is 10.5. The van der Waals surface area contributed by atoms with Crippen LogP contribution in [-0.2, 0) is 27.1 Å². The Hall–Kier alpha value is -6.38. The van der Waals surface area contributed by atoms with Gasteiger partial charge in [0, 0.05) is 27.5 Å². The third-order valence-corrected chi connectivity index (χ3v) is 14.2. The highest BCUT2D eigenvalue weighted by molar-refractivity contribution is 6.20. The van der Waals surface area contributed by atoms with E-state index in [0.29, 0.717) is 0 Å². The van der Waals surface area contributed by atoms with Crippen molar-refractivity contribution in [2.75, 3.05) is 4.90 Å². The van der Waals surface area contributed by atoms with Crippen LogP contribution in [-0.4, -0.2) is 0 Å². The van der Waals surface area contributed by atoms with Gasteiger partial charge in [-0.3, -0.25) is 0 Å². The van der Waals surface area contributed by atoms with Crippen LogP contribution in [0, 0.1) is 0 Å². The van der Waals surface area contributed by atoms with Gasteiger partial charge in [-0.2, -0.15) is 0 Å². The number of rotatable bonds is 5. The molecule has 0 saturated heterocycles. The van der Waals surface area contributed by atoms with Crippen LogP contribution in [0.2, 0.25) is 0 Å². The van der Waals surface area contributed by atoms with E-state index in [1.807, 2.05) is 0 Å². The number of benzene rings is 8. The van der Waals surface area contributed by atoms with Crippen molar-refractivity contribution in [2.45, 2.75) is 110 Å². The van der Waals surface area contributed by atoms with Gasteiger partial charge in [-0.15, -0.1) is 0 Å². The Balaban J connectivity index is 1.35. The van der Waals surface area contributed by atoms with Gasteiger partial charge in [0.1, 0.15) is 11.2 Å². The molecular formula is C63H63NO. The Labute approximate surface area is 387 Å². The topological polar surface area (TPSA) is 16.4 Å². The van der Waals surface area contributed by atoms with Gasteiger partial charge >= 0.3 is 0 Å². The fourth-order valence-corrected chi connectivity index (χ4v) is 10.5. The van der Waals surface area contributed by atoms with Gasteiger partial charge in [0.15, 0.2) is 0 Å². The summed E-state index contributed by atoms with van der Waals surface area (Å²) in [7, 11) is 0. The monoisotopic (exact) mass is 849 g/mol. The van der Waals surface area contributed by atoms with E-state index in [1.54, 1.807) is 0 Å². The first kappa shape index (κ1) is 42.6. The lowest BCUT2D eigenvalue weighted by atomic mass is 9.59. The Morgan fingerprint density at radius 2 is 0.831 bits per heavy atom. The highest BCUT2D eigenvalue weighted by atomic mass is 16.3. The van der Waals surface area contributed by atoms with Crippen molar-refractivity contribution in [3.8, 4) is 11.1 Å². The van der Waals surface area contributed by atoms with Crippen LogP contribution >= 0.6 is 0 Å². The average Bonchev–Trinajstić information content (AvgIpc) is 3.66. The summed E-state index contributed by atoms with van der Waals surface area (Å²) in [5.74, 6) is 0. The van der Waals surface area contributed by atoms with Gasteiger partial charge in [-0.05, 0) is 125 Å². The predicted octanol–water partition coefficient (Wildman–Crippen LogP) is 17.8. The maximum Gasteiger partial charge on any atom is 0.136 e. The molecule has 0 N–H and O–H groups in total. The smallest absolute Gasteiger partial charge is 0.136 e. The number of hydrogen-bond acceptors (Lipinski definition) is 2. The van der Waals surface area contributed by atoms with E-state index in [0.717, 1.165) is 39.0 Å². The first-order valence-corrected chi connectivity index (χ1v) is 23.5. The molecule has 326 valence electrons. The van der Waals surface area contributed by atoms with Crippen molar-refractivity contribution in [1.29, 1.82) is 0 Å². The number of hydrogen-bond donors (Lipinski definition) is 0. The van der Waals surface area contributed by atoms with Crippen LogP contribution in [0.1, 0.15) is 128 Å². The second-order valence-electron chi connectivity index (χ2n) is 22.7. The molecule has 9 aromatic rings. The van der Waals surface area contributed by atoms with E-state index < -0.39 is 5.41 Å². The standard InChI is InChI=1S/C63H63NO/c1-59(2,3)40-20-24-44(25-21-40)63(45-26-22-41(23-27-45)60(4,5)6)51-18-15-17-48-53(38-36-50(56(48)51)57-52(63)37-39-55-58(57)49-16-13-14-19-54(49)65-55)64(46-32-28-42(29-33-46)61(7,8)9)47-34-30-43(31-35-47)62(10,11)12/h13-39H,1-12H3. The molecule has 1 aromatic heterocycles. The van der Waals surface area contributed by atoms with Gasteiger partial charge in [0.05, 0.1) is 11.1 Å². The lowest BCUT2D eigenvalue weighted by molar-refractivity contribution is 0.588. The Kier molecular flexibility index (Phi) is 9.71. The minimum atomic E-state index is -0.673. The summed E-state index contributed by atoms with van der Waals surface area (Å²) in [5, 5.41) is 4.77. The van der Waals surface area contributed by atoms with Crippen molar-refractivity contribution in [3.05, 3.63) is 208 Å². The summed E-state index contributed by atoms with van der Waals surface area (Å²) in [4.78, 5) is 2.48. The van der Waals surface area contributed by atoms with Crippen molar-refractivity contribution in [3.63, 3.8) is 0 Å². The van der Waals surface area contributed by atoms with Gasteiger partial charge < -0.3 is 9.32 Å². The zero-order valence-corrected chi connectivity index (χ0v) is 40.4. The van der Waals surface area contributed by atoms with E-state index in [9.17, 15) is 0 Å². The highest BCUT2D eigenvalue weighted by Crippen LogP contribution is 2.59. The first-order chi connectivity index (χ1) is 30.8. The molecule has 2 heteroatoms. The molecule has 65 heavy (non-hydrogen) atoms. The molecule has 1 aliphatic carbocycles. The minimum absolute atomic E-state index is 0.00748. The molecule has 0 spiro atoms. The van der Waals surface area contributed by atoms with Gasteiger partial charge in [0.25, 0.3) is 0 Å². The van der Waals surface area contributed by atoms with E-state index in [4.69, 9.17) is 4.42 Å². The maximum atomic E-state index is 6.72. The van der Waals surface area contributed by atoms with Crippen LogP contribution in [0.4, 0.5) is 17.1 Å². The van der Waals surface area contributed by atoms with Crippen LogP contribution in [0.3, 0.4) is 0 Å². The van der Waals surface area contributed by atoms with E-state index in [2.05, 4.69) is 252 Å². The van der Waals surface area contributed by atoms with Crippen LogP contribution in [0.15, 0.2) is 168 Å². The number of nitrogens with zero attached hydrogens (tertiary/aromatic N) is 1. The molecule has 8 aromatic carbocycles. The molecule has 0 amide bonds. The quantitative estimate of drug-likeness (QED) is 0.172. The summed E-state index contributed by atoms with van der Waals surface area (Å²) < 4.78 is 6.72. The molecule has 1 aliphatic rings. The Morgan fingerprint density at radius 3 is 1.32 bits per heavy atom. The van der Waals surface area contributed by atoms with E-state index in [-0.39, 0.29) is 21.7 Å². The van der Waals surface area contributed by atoms with Crippen LogP contribution < -0.4 is 4.90 Å². The Bertz CT molecular complexity index is 3130. The van der Waals surface area contributed by atoms with Crippen molar-refractivity contribution < 1.29 is 4.42 Å². The zero-order valence-electron chi connectivity index (χ0n) is 40.4. The normalized spacial score (nSPS) is 14.0. The van der Waals surface area contributed by atoms with Gasteiger partial charge in [0.2, 0.25) is 0 Å². The molecule has 1 heterocycles. The number of furan rings is 1. The lowest BCUT2D eigenvalue weighted by Crippen LogP contribution is -2.34. The van der Waals surface area contributed by atoms with Crippen LogP contribution in [0.25, 0.3) is 43.8 Å². The first-order valence-electron chi connectivity index (χ1n) is 23.5. The summed E-state index contributed by atoms with van der Waals surface area (Å²) >= 11 is 0. The van der Waals surface area contributed by atoms with E-state index in [1.165, 1.54) is 66.4 Å². The molecule has 0 aliphatic heterocycles. The van der Waals surface area contributed by atoms with Crippen LogP contribution in [0.5, 0.6) is 0 Å². The maximum absolute atomic E-state index is 6.72. The third kappa shape index (κ3) is 6.91. The zero-order chi connectivity index (χ0) is 45.8. The van der Waals surface area contributed by atoms with Gasteiger partial charge in [-0.25, -0.2) is 0 Å². The van der Waals surface area contributed by atoms with Crippen molar-refractivity contribution in [1.82, 2.24) is 0 Å². The second kappa shape index (κ2) is 14.8. The average molecular weight is 850 g/mol. The molecular weight excluding hydrogens is 787 g/mol. The molecule has 0 fully saturated rings. The summed E-state index contributed by atoms with van der Waals surface area (Å²) in [5.41, 5.74) is 17.4. The molecule has 0 saturated carbocycles. The molecule has 0 unspecified atom stereocenters. The largest absolute Gasteiger partial charge is 0.456 e. The third-order valence-electron chi connectivity index (χ3n) is 14.2. The number of fused-ring (bicyclic) bond motifs is 6. The molecule has 0 radical (unpaired) electrons. The van der Waals surface area contributed by atoms with Crippen molar-refractivity contribution >= 4 is 49.8 Å². The summed E-state index contributed by atoms with van der Waals surface area (Å²) in [6.45, 7) is 27.5. The summed E-state index contributed by atoms with van der Waals surface area (Å²) in [6.07, 6.45) is 0. The molecule has 0 bridgehead atoms. The second-order valence-corrected chi connectivity index (χ2v) is 22.7. The number of para-hydroxylation sites is 1. The SMILES string of the molecule is CC(C)(C)c1ccc(N(c2ccc(C(C)(C)C)cc2)c2ccc3c4c(cccc24)C(c2ccc(C(C)(C)C)cc2)(c2ccc(C(C)(C)C)cc2)c2ccc4oc5ccccc5c4c2-3)cc1. The predicted molar refractivity (Wildman–Crippen MR) is 278 cm³/mol. The number of anilines is 3. The fraction of sp³-hybridized carbons (Fsp3) is 0.270. The van der Waals surface area contributed by atoms with Crippen molar-refractivity contribution in [2.24, 2.45) is 0 Å². The van der Waals surface area contributed by atoms with Gasteiger partial charge in [-0.1, -0.05) is 204 Å². The molecule has 10 rings (SSSR count). The Morgan fingerprint density at radius 1 is 0.369 bits per heavy atom.